The van der Waals surface area contributed by atoms with Crippen LogP contribution in [0.1, 0.15) is 40.4 Å². The number of aryl methyl sites for hydroxylation is 2. The highest BCUT2D eigenvalue weighted by molar-refractivity contribution is 6.05. The maximum Gasteiger partial charge on any atom is 0.349 e. The van der Waals surface area contributed by atoms with Crippen molar-refractivity contribution >= 4 is 11.6 Å². The first-order valence-electron chi connectivity index (χ1n) is 9.52. The van der Waals surface area contributed by atoms with Crippen LogP contribution in [0.15, 0.2) is 39.5 Å². The van der Waals surface area contributed by atoms with Crippen LogP contribution in [0.25, 0.3) is 11.4 Å². The molecule has 0 spiro atoms. The van der Waals surface area contributed by atoms with Gasteiger partial charge in [-0.1, -0.05) is 12.1 Å². The summed E-state index contributed by atoms with van der Waals surface area (Å²) in [5, 5.41) is 18.0. The van der Waals surface area contributed by atoms with Crippen molar-refractivity contribution in [3.05, 3.63) is 57.6 Å². The van der Waals surface area contributed by atoms with Crippen LogP contribution in [0.5, 0.6) is 0 Å². The third-order valence-corrected chi connectivity index (χ3v) is 4.98. The van der Waals surface area contributed by atoms with Gasteiger partial charge in [0.1, 0.15) is 11.3 Å². The Morgan fingerprint density at radius 1 is 1.34 bits per heavy atom. The summed E-state index contributed by atoms with van der Waals surface area (Å²) in [6.45, 7) is 3.51. The number of carbonyl (C=O) groups is 1. The van der Waals surface area contributed by atoms with Gasteiger partial charge in [-0.2, -0.15) is 4.80 Å². The van der Waals surface area contributed by atoms with Crippen LogP contribution in [0.3, 0.4) is 0 Å². The molecular formula is C20H22N6O3. The van der Waals surface area contributed by atoms with E-state index in [1.165, 1.54) is 4.80 Å². The summed E-state index contributed by atoms with van der Waals surface area (Å²) >= 11 is 0. The number of benzene rings is 1. The zero-order valence-corrected chi connectivity index (χ0v) is 16.3. The molecule has 1 saturated heterocycles. The van der Waals surface area contributed by atoms with E-state index in [0.29, 0.717) is 28.4 Å². The van der Waals surface area contributed by atoms with Crippen LogP contribution < -0.4 is 16.3 Å². The molecule has 1 aromatic carbocycles. The van der Waals surface area contributed by atoms with E-state index in [4.69, 9.17) is 4.42 Å². The summed E-state index contributed by atoms with van der Waals surface area (Å²) < 4.78 is 5.50. The average molecular weight is 394 g/mol. The summed E-state index contributed by atoms with van der Waals surface area (Å²) in [4.78, 5) is 26.7. The summed E-state index contributed by atoms with van der Waals surface area (Å²) in [6, 6.07) is 8.85. The number of amides is 1. The van der Waals surface area contributed by atoms with Crippen LogP contribution in [0.2, 0.25) is 0 Å². The zero-order chi connectivity index (χ0) is 20.4. The van der Waals surface area contributed by atoms with Crippen molar-refractivity contribution in [1.82, 2.24) is 25.5 Å². The third-order valence-electron chi connectivity index (χ3n) is 4.98. The lowest BCUT2D eigenvalue weighted by molar-refractivity contribution is 0.102. The van der Waals surface area contributed by atoms with Gasteiger partial charge in [0, 0.05) is 23.7 Å². The Hall–Kier alpha value is -3.33. The minimum atomic E-state index is -0.616. The summed E-state index contributed by atoms with van der Waals surface area (Å²) in [5.74, 6) is 0.731. The second-order valence-electron chi connectivity index (χ2n) is 7.17. The van der Waals surface area contributed by atoms with Crippen molar-refractivity contribution in [2.24, 2.45) is 7.05 Å². The van der Waals surface area contributed by atoms with Gasteiger partial charge in [-0.3, -0.25) is 4.79 Å². The first-order valence-corrected chi connectivity index (χ1v) is 9.52. The van der Waals surface area contributed by atoms with Gasteiger partial charge in [-0.05, 0) is 55.3 Å². The molecule has 0 aliphatic carbocycles. The van der Waals surface area contributed by atoms with E-state index in [9.17, 15) is 9.59 Å². The average Bonchev–Trinajstić information content (AvgIpc) is 3.15. The monoisotopic (exact) mass is 394 g/mol. The highest BCUT2D eigenvalue weighted by atomic mass is 16.4. The first-order chi connectivity index (χ1) is 14.0. The fourth-order valence-electron chi connectivity index (χ4n) is 3.53. The molecule has 1 aliphatic heterocycles. The molecule has 150 valence electrons. The van der Waals surface area contributed by atoms with E-state index in [1.807, 2.05) is 6.07 Å². The minimum Gasteiger partial charge on any atom is -0.427 e. The van der Waals surface area contributed by atoms with Gasteiger partial charge in [0.25, 0.3) is 5.91 Å². The van der Waals surface area contributed by atoms with Crippen LogP contribution in [-0.2, 0) is 7.05 Å². The standard InChI is InChI=1S/C20H22N6O3/c1-12-9-16(14-6-4-8-21-11-14)29-20(28)17(12)19(27)22-15-7-3-5-13(10-15)18-23-25-26(2)24-18/h3,5,7,9-10,14,21H,4,6,8,11H2,1-2H3,(H,22,27). The topological polar surface area (TPSA) is 115 Å². The lowest BCUT2D eigenvalue weighted by atomic mass is 9.95. The Kier molecular flexibility index (Phi) is 5.22. The molecule has 1 unspecified atom stereocenters. The quantitative estimate of drug-likeness (QED) is 0.694. The van der Waals surface area contributed by atoms with Crippen molar-refractivity contribution in [2.45, 2.75) is 25.7 Å². The molecule has 1 fully saturated rings. The number of anilines is 1. The number of nitrogens with zero attached hydrogens (tertiary/aromatic N) is 4. The highest BCUT2D eigenvalue weighted by Gasteiger charge is 2.22. The number of rotatable bonds is 4. The lowest BCUT2D eigenvalue weighted by Crippen LogP contribution is -2.30. The minimum absolute atomic E-state index is 0.0144. The largest absolute Gasteiger partial charge is 0.427 e. The van der Waals surface area contributed by atoms with E-state index in [1.54, 1.807) is 38.2 Å². The van der Waals surface area contributed by atoms with Gasteiger partial charge >= 0.3 is 5.63 Å². The number of aromatic nitrogens is 4. The maximum absolute atomic E-state index is 12.8. The second kappa shape index (κ2) is 7.96. The molecule has 1 amide bonds. The molecule has 0 radical (unpaired) electrons. The summed E-state index contributed by atoms with van der Waals surface area (Å²) in [6.07, 6.45) is 2.00. The van der Waals surface area contributed by atoms with Crippen LogP contribution >= 0.6 is 0 Å². The van der Waals surface area contributed by atoms with E-state index in [0.717, 1.165) is 25.9 Å². The van der Waals surface area contributed by atoms with Crippen LogP contribution in [0, 0.1) is 6.92 Å². The van der Waals surface area contributed by atoms with Crippen molar-refractivity contribution in [3.63, 3.8) is 0 Å². The van der Waals surface area contributed by atoms with Crippen LogP contribution in [-0.4, -0.2) is 39.2 Å². The molecule has 1 aliphatic rings. The van der Waals surface area contributed by atoms with Gasteiger partial charge in [-0.25, -0.2) is 4.79 Å². The lowest BCUT2D eigenvalue weighted by Gasteiger charge is -2.22. The molecule has 1 atom stereocenters. The van der Waals surface area contributed by atoms with Crippen molar-refractivity contribution in [1.29, 1.82) is 0 Å². The number of hydrogen-bond donors (Lipinski definition) is 2. The molecule has 0 saturated carbocycles. The molecule has 0 bridgehead atoms. The highest BCUT2D eigenvalue weighted by Crippen LogP contribution is 2.24. The van der Waals surface area contributed by atoms with Crippen molar-refractivity contribution in [3.8, 4) is 11.4 Å². The second-order valence-corrected chi connectivity index (χ2v) is 7.17. The van der Waals surface area contributed by atoms with E-state index >= 15 is 0 Å². The Balaban J connectivity index is 1.56. The predicted octanol–water partition coefficient (Wildman–Crippen LogP) is 1.86. The number of piperidine rings is 1. The number of tetrazole rings is 1. The molecule has 2 aromatic heterocycles. The molecule has 29 heavy (non-hydrogen) atoms. The van der Waals surface area contributed by atoms with E-state index in [2.05, 4.69) is 26.0 Å². The molecule has 2 N–H and O–H groups in total. The molecular weight excluding hydrogens is 372 g/mol. The predicted molar refractivity (Wildman–Crippen MR) is 107 cm³/mol. The van der Waals surface area contributed by atoms with Gasteiger partial charge in [0.05, 0.1) is 7.05 Å². The van der Waals surface area contributed by atoms with E-state index < -0.39 is 11.5 Å². The molecule has 9 heteroatoms. The third kappa shape index (κ3) is 4.09. The summed E-state index contributed by atoms with van der Waals surface area (Å²) in [7, 11) is 1.68. The summed E-state index contributed by atoms with van der Waals surface area (Å²) in [5.41, 5.74) is 1.24. The molecule has 3 heterocycles. The van der Waals surface area contributed by atoms with Gasteiger partial charge in [0.2, 0.25) is 5.82 Å². The maximum atomic E-state index is 12.8. The first kappa shape index (κ1) is 19.0. The number of carbonyl (C=O) groups excluding carboxylic acids is 1. The Morgan fingerprint density at radius 3 is 2.90 bits per heavy atom. The molecule has 9 nitrogen and oxygen atoms in total. The van der Waals surface area contributed by atoms with Gasteiger partial charge in [-0.15, -0.1) is 10.2 Å². The van der Waals surface area contributed by atoms with Gasteiger partial charge in [0.15, 0.2) is 0 Å². The Morgan fingerprint density at radius 2 is 2.21 bits per heavy atom. The normalized spacial score (nSPS) is 16.6. The number of nitrogens with one attached hydrogen (secondary N) is 2. The van der Waals surface area contributed by atoms with Gasteiger partial charge < -0.3 is 15.1 Å². The molecule has 4 rings (SSSR count). The smallest absolute Gasteiger partial charge is 0.349 e. The number of hydrogen-bond acceptors (Lipinski definition) is 7. The van der Waals surface area contributed by atoms with Crippen LogP contribution in [0.4, 0.5) is 5.69 Å². The zero-order valence-electron chi connectivity index (χ0n) is 16.3. The SMILES string of the molecule is Cc1cc(C2CCCNC2)oc(=O)c1C(=O)Nc1cccc(-c2nnn(C)n2)c1. The Labute approximate surface area is 167 Å². The van der Waals surface area contributed by atoms with Crippen molar-refractivity contribution < 1.29 is 9.21 Å². The van der Waals surface area contributed by atoms with E-state index in [-0.39, 0.29) is 11.5 Å². The fraction of sp³-hybridized carbons (Fsp3) is 0.350. The Bertz CT molecular complexity index is 1100. The molecule has 3 aromatic rings. The fourth-order valence-corrected chi connectivity index (χ4v) is 3.53. The van der Waals surface area contributed by atoms with Crippen molar-refractivity contribution in [2.75, 3.05) is 18.4 Å².